The molecule has 0 aliphatic rings. The lowest BCUT2D eigenvalue weighted by molar-refractivity contribution is 0.282. The van der Waals surface area contributed by atoms with Crippen LogP contribution in [-0.4, -0.2) is 29.2 Å². The normalized spacial score (nSPS) is 12.6. The van der Waals surface area contributed by atoms with Crippen LogP contribution in [-0.2, 0) is 10.4 Å². The highest BCUT2D eigenvalue weighted by Crippen LogP contribution is 2.17. The standard InChI is InChI=1S/C16H34O.H2O4S/c1-3-4-10-13-16(2)14-11-8-6-5-7-9-12-15-17;1-5(2,3)4/h16-17H,3-15H2,1-2H3;(H2,1,2,3,4). The molecule has 1 atom stereocenters. The minimum absolute atomic E-state index is 0.370. The molecule has 22 heavy (non-hydrogen) atoms. The fourth-order valence-corrected chi connectivity index (χ4v) is 2.38. The second-order valence-electron chi connectivity index (χ2n) is 6.04. The summed E-state index contributed by atoms with van der Waals surface area (Å²) in [5, 5.41) is 8.66. The van der Waals surface area contributed by atoms with Gasteiger partial charge in [0.1, 0.15) is 0 Å². The summed E-state index contributed by atoms with van der Waals surface area (Å²) in [4.78, 5) is 0. The maximum absolute atomic E-state index is 8.74. The Hall–Kier alpha value is -0.170. The van der Waals surface area contributed by atoms with Crippen LogP contribution in [0.15, 0.2) is 0 Å². The van der Waals surface area contributed by atoms with Gasteiger partial charge in [-0.05, 0) is 12.3 Å². The summed E-state index contributed by atoms with van der Waals surface area (Å²) in [6, 6.07) is 0. The van der Waals surface area contributed by atoms with E-state index in [-0.39, 0.29) is 0 Å². The van der Waals surface area contributed by atoms with Crippen molar-refractivity contribution in [2.45, 2.75) is 90.9 Å². The molecule has 0 rings (SSSR count). The summed E-state index contributed by atoms with van der Waals surface area (Å²) >= 11 is 0. The minimum Gasteiger partial charge on any atom is -0.396 e. The summed E-state index contributed by atoms with van der Waals surface area (Å²) < 4.78 is 31.6. The van der Waals surface area contributed by atoms with Gasteiger partial charge in [-0.1, -0.05) is 84.5 Å². The quantitative estimate of drug-likeness (QED) is 0.335. The smallest absolute Gasteiger partial charge is 0.394 e. The van der Waals surface area contributed by atoms with Crippen LogP contribution in [0.1, 0.15) is 90.9 Å². The molecule has 0 aromatic rings. The molecule has 5 nitrogen and oxygen atoms in total. The Morgan fingerprint density at radius 1 is 0.773 bits per heavy atom. The lowest BCUT2D eigenvalue weighted by atomic mass is 9.96. The van der Waals surface area contributed by atoms with E-state index in [1.54, 1.807) is 0 Å². The summed E-state index contributed by atoms with van der Waals surface area (Å²) in [7, 11) is -4.67. The molecule has 0 aliphatic heterocycles. The first kappa shape index (κ1) is 24.1. The third-order valence-corrected chi connectivity index (χ3v) is 3.66. The summed E-state index contributed by atoms with van der Waals surface area (Å²) in [5.41, 5.74) is 0. The molecule has 136 valence electrons. The van der Waals surface area contributed by atoms with E-state index in [9.17, 15) is 0 Å². The number of rotatable bonds is 13. The average molecular weight is 341 g/mol. The van der Waals surface area contributed by atoms with Gasteiger partial charge in [0.05, 0.1) is 0 Å². The predicted octanol–water partition coefficient (Wildman–Crippen LogP) is 4.66. The fourth-order valence-electron chi connectivity index (χ4n) is 2.38. The van der Waals surface area contributed by atoms with Gasteiger partial charge in [-0.2, -0.15) is 8.42 Å². The second kappa shape index (κ2) is 17.2. The zero-order valence-electron chi connectivity index (χ0n) is 14.3. The van der Waals surface area contributed by atoms with Gasteiger partial charge in [0.2, 0.25) is 0 Å². The molecule has 0 bridgehead atoms. The van der Waals surface area contributed by atoms with E-state index < -0.39 is 10.4 Å². The van der Waals surface area contributed by atoms with Gasteiger partial charge in [0.25, 0.3) is 0 Å². The molecule has 0 saturated heterocycles. The third-order valence-electron chi connectivity index (χ3n) is 3.66. The molecule has 0 radical (unpaired) electrons. The van der Waals surface area contributed by atoms with Crippen LogP contribution in [0.2, 0.25) is 0 Å². The van der Waals surface area contributed by atoms with Gasteiger partial charge in [-0.3, -0.25) is 9.11 Å². The number of hydrogen-bond donors (Lipinski definition) is 3. The molecule has 0 aromatic carbocycles. The Bertz CT molecular complexity index is 296. The van der Waals surface area contributed by atoms with Gasteiger partial charge < -0.3 is 5.11 Å². The Morgan fingerprint density at radius 2 is 1.14 bits per heavy atom. The molecule has 1 unspecified atom stereocenters. The fraction of sp³-hybridized carbons (Fsp3) is 1.00. The lowest BCUT2D eigenvalue weighted by Crippen LogP contribution is -1.94. The first-order valence-corrected chi connectivity index (χ1v) is 10.0. The zero-order chi connectivity index (χ0) is 17.3. The number of aliphatic hydroxyl groups excluding tert-OH is 1. The molecule has 3 N–H and O–H groups in total. The van der Waals surface area contributed by atoms with E-state index >= 15 is 0 Å². The summed E-state index contributed by atoms with van der Waals surface area (Å²) in [5.74, 6) is 0.941. The van der Waals surface area contributed by atoms with Crippen molar-refractivity contribution in [1.29, 1.82) is 0 Å². The van der Waals surface area contributed by atoms with Crippen molar-refractivity contribution < 1.29 is 22.6 Å². The first-order chi connectivity index (χ1) is 10.3. The van der Waals surface area contributed by atoms with Crippen molar-refractivity contribution in [3.8, 4) is 0 Å². The minimum atomic E-state index is -4.67. The molecule has 0 aliphatic carbocycles. The Kier molecular flexibility index (Phi) is 18.8. The molecule has 6 heteroatoms. The second-order valence-corrected chi connectivity index (χ2v) is 6.93. The van der Waals surface area contributed by atoms with E-state index in [2.05, 4.69) is 13.8 Å². The van der Waals surface area contributed by atoms with Crippen LogP contribution in [0.4, 0.5) is 0 Å². The van der Waals surface area contributed by atoms with Gasteiger partial charge in [-0.25, -0.2) is 0 Å². The molecule has 0 aromatic heterocycles. The van der Waals surface area contributed by atoms with E-state index in [0.717, 1.165) is 12.3 Å². The highest BCUT2D eigenvalue weighted by Gasteiger charge is 2.01. The molecule has 0 saturated carbocycles. The van der Waals surface area contributed by atoms with Crippen molar-refractivity contribution in [3.05, 3.63) is 0 Å². The molecular formula is C16H36O5S. The highest BCUT2D eigenvalue weighted by molar-refractivity contribution is 7.79. The molecule has 0 heterocycles. The monoisotopic (exact) mass is 340 g/mol. The summed E-state index contributed by atoms with van der Waals surface area (Å²) in [6.07, 6.45) is 16.2. The Labute approximate surface area is 137 Å². The maximum atomic E-state index is 8.74. The molecule has 0 spiro atoms. The predicted molar refractivity (Wildman–Crippen MR) is 91.5 cm³/mol. The van der Waals surface area contributed by atoms with Crippen molar-refractivity contribution in [1.82, 2.24) is 0 Å². The van der Waals surface area contributed by atoms with Crippen LogP contribution in [0, 0.1) is 5.92 Å². The van der Waals surface area contributed by atoms with Crippen LogP contribution in [0.5, 0.6) is 0 Å². The van der Waals surface area contributed by atoms with Crippen molar-refractivity contribution >= 4 is 10.4 Å². The third kappa shape index (κ3) is 32.0. The van der Waals surface area contributed by atoms with Gasteiger partial charge in [0.15, 0.2) is 0 Å². The lowest BCUT2D eigenvalue weighted by Gasteiger charge is -2.10. The Balaban J connectivity index is 0. The van der Waals surface area contributed by atoms with E-state index in [0.29, 0.717) is 6.61 Å². The molecule has 0 fully saturated rings. The van der Waals surface area contributed by atoms with Crippen LogP contribution >= 0.6 is 0 Å². The summed E-state index contributed by atoms with van der Waals surface area (Å²) in [6.45, 7) is 5.06. The van der Waals surface area contributed by atoms with Crippen molar-refractivity contribution in [2.75, 3.05) is 6.61 Å². The zero-order valence-corrected chi connectivity index (χ0v) is 15.2. The van der Waals surface area contributed by atoms with Crippen LogP contribution < -0.4 is 0 Å². The maximum Gasteiger partial charge on any atom is 0.394 e. The van der Waals surface area contributed by atoms with Crippen molar-refractivity contribution in [3.63, 3.8) is 0 Å². The highest BCUT2D eigenvalue weighted by atomic mass is 32.3. The molecule has 0 amide bonds. The number of unbranched alkanes of at least 4 members (excludes halogenated alkanes) is 8. The number of aliphatic hydroxyl groups is 1. The average Bonchev–Trinajstić information content (AvgIpc) is 2.40. The number of hydrogen-bond acceptors (Lipinski definition) is 3. The van der Waals surface area contributed by atoms with Gasteiger partial charge in [-0.15, -0.1) is 0 Å². The first-order valence-electron chi connectivity index (χ1n) is 8.62. The van der Waals surface area contributed by atoms with E-state index in [4.69, 9.17) is 22.6 Å². The SMILES string of the molecule is CCCCCC(C)CCCCCCCCCO.O=S(=O)(O)O. The van der Waals surface area contributed by atoms with Crippen molar-refractivity contribution in [2.24, 2.45) is 5.92 Å². The topological polar surface area (TPSA) is 94.8 Å². The molecular weight excluding hydrogens is 304 g/mol. The van der Waals surface area contributed by atoms with Gasteiger partial charge in [0, 0.05) is 6.61 Å². The van der Waals surface area contributed by atoms with E-state index in [1.807, 2.05) is 0 Å². The van der Waals surface area contributed by atoms with Crippen LogP contribution in [0.3, 0.4) is 0 Å². The van der Waals surface area contributed by atoms with E-state index in [1.165, 1.54) is 70.6 Å². The van der Waals surface area contributed by atoms with Gasteiger partial charge >= 0.3 is 10.4 Å². The van der Waals surface area contributed by atoms with Crippen LogP contribution in [0.25, 0.3) is 0 Å². The Morgan fingerprint density at radius 3 is 1.55 bits per heavy atom. The largest absolute Gasteiger partial charge is 0.396 e.